The molecule has 5 nitrogen and oxygen atoms in total. The minimum absolute atomic E-state index is 0.0119. The minimum atomic E-state index is -0.860. The van der Waals surface area contributed by atoms with Gasteiger partial charge in [0.25, 0.3) is 0 Å². The van der Waals surface area contributed by atoms with E-state index < -0.39 is 11.8 Å². The van der Waals surface area contributed by atoms with Crippen LogP contribution in [0.5, 0.6) is 0 Å². The second-order valence-electron chi connectivity index (χ2n) is 5.71. The van der Waals surface area contributed by atoms with E-state index >= 15 is 0 Å². The highest BCUT2D eigenvalue weighted by Gasteiger charge is 2.36. The van der Waals surface area contributed by atoms with Gasteiger partial charge in [-0.2, -0.15) is 0 Å². The molecule has 1 aromatic carbocycles. The molecule has 0 amide bonds. The number of aliphatic carboxylic acids is 1. The largest absolute Gasteiger partial charge is 0.481 e. The topological polar surface area (TPSA) is 65.0 Å². The third-order valence-electron chi connectivity index (χ3n) is 3.24. The number of hydrogen-bond donors (Lipinski definition) is 1. The minimum Gasteiger partial charge on any atom is -0.481 e. The third-order valence-corrected chi connectivity index (χ3v) is 3.24. The number of benzene rings is 1. The molecule has 0 spiro atoms. The number of carbonyl (C=O) groups is 1. The van der Waals surface area contributed by atoms with Gasteiger partial charge in [-0.15, -0.1) is 0 Å². The lowest BCUT2D eigenvalue weighted by Gasteiger charge is -2.40. The van der Waals surface area contributed by atoms with Gasteiger partial charge in [-0.1, -0.05) is 30.3 Å². The molecule has 1 saturated heterocycles. The van der Waals surface area contributed by atoms with E-state index in [0.29, 0.717) is 19.6 Å². The monoisotopic (exact) mass is 294 g/mol. The van der Waals surface area contributed by atoms with E-state index in [1.54, 1.807) is 13.8 Å². The lowest BCUT2D eigenvalue weighted by molar-refractivity contribution is -0.305. The first-order valence-corrected chi connectivity index (χ1v) is 7.14. The van der Waals surface area contributed by atoms with E-state index in [4.69, 9.17) is 19.3 Å². The predicted molar refractivity (Wildman–Crippen MR) is 76.8 cm³/mol. The molecule has 5 heteroatoms. The average molecular weight is 294 g/mol. The van der Waals surface area contributed by atoms with Crippen LogP contribution in [-0.2, 0) is 25.6 Å². The summed E-state index contributed by atoms with van der Waals surface area (Å²) in [5.74, 6) is -1.64. The van der Waals surface area contributed by atoms with Crippen LogP contribution in [0.15, 0.2) is 30.3 Å². The van der Waals surface area contributed by atoms with Gasteiger partial charge in [0.05, 0.1) is 31.8 Å². The lowest BCUT2D eigenvalue weighted by atomic mass is 10.1. The van der Waals surface area contributed by atoms with Crippen molar-refractivity contribution >= 4 is 5.97 Å². The Balaban J connectivity index is 1.82. The summed E-state index contributed by atoms with van der Waals surface area (Å²) in [6, 6.07) is 9.90. The fraction of sp³-hybridized carbons (Fsp3) is 0.562. The van der Waals surface area contributed by atoms with Gasteiger partial charge in [0.2, 0.25) is 0 Å². The van der Waals surface area contributed by atoms with Gasteiger partial charge in [-0.05, 0) is 19.4 Å². The summed E-state index contributed by atoms with van der Waals surface area (Å²) < 4.78 is 17.1. The van der Waals surface area contributed by atoms with Crippen molar-refractivity contribution in [1.29, 1.82) is 0 Å². The van der Waals surface area contributed by atoms with Crippen LogP contribution in [0.1, 0.15) is 32.3 Å². The molecule has 1 aromatic rings. The van der Waals surface area contributed by atoms with Crippen LogP contribution in [0.2, 0.25) is 0 Å². The highest BCUT2D eigenvalue weighted by Crippen LogP contribution is 2.28. The first kappa shape index (κ1) is 15.9. The Labute approximate surface area is 124 Å². The molecule has 2 rings (SSSR count). The maximum absolute atomic E-state index is 10.8. The maximum Gasteiger partial charge on any atom is 0.305 e. The van der Waals surface area contributed by atoms with Gasteiger partial charge in [-0.3, -0.25) is 4.79 Å². The van der Waals surface area contributed by atoms with Crippen molar-refractivity contribution in [3.05, 3.63) is 35.9 Å². The summed E-state index contributed by atoms with van der Waals surface area (Å²) in [6.45, 7) is 4.54. The van der Waals surface area contributed by atoms with Crippen LogP contribution in [-0.4, -0.2) is 35.7 Å². The molecule has 116 valence electrons. The van der Waals surface area contributed by atoms with E-state index in [0.717, 1.165) is 5.56 Å². The molecular weight excluding hydrogens is 272 g/mol. The van der Waals surface area contributed by atoms with Gasteiger partial charge in [0.15, 0.2) is 5.79 Å². The first-order valence-electron chi connectivity index (χ1n) is 7.14. The Morgan fingerprint density at radius 2 is 1.95 bits per heavy atom. The van der Waals surface area contributed by atoms with Gasteiger partial charge < -0.3 is 19.3 Å². The zero-order valence-electron chi connectivity index (χ0n) is 12.5. The van der Waals surface area contributed by atoms with Crippen LogP contribution in [0, 0.1) is 0 Å². The van der Waals surface area contributed by atoms with Gasteiger partial charge in [0, 0.05) is 6.42 Å². The molecule has 0 radical (unpaired) electrons. The van der Waals surface area contributed by atoms with Crippen molar-refractivity contribution in [3.8, 4) is 0 Å². The predicted octanol–water partition coefficient (Wildman–Crippen LogP) is 2.59. The van der Waals surface area contributed by atoms with Crippen molar-refractivity contribution < 1.29 is 24.1 Å². The molecule has 0 saturated carbocycles. The standard InChI is InChI=1S/C16H22O5/c1-16(2)20-13(9-15(17)18)8-14(21-16)11-19-10-12-6-4-3-5-7-12/h3-7,13-14H,8-11H2,1-2H3,(H,17,18)/t13-,14?/m1/s1. The molecule has 1 fully saturated rings. The Kier molecular flexibility index (Phi) is 5.33. The molecule has 2 atom stereocenters. The number of carboxylic acids is 1. The number of hydrogen-bond acceptors (Lipinski definition) is 4. The smallest absolute Gasteiger partial charge is 0.305 e. The van der Waals surface area contributed by atoms with Crippen LogP contribution < -0.4 is 0 Å². The summed E-state index contributed by atoms with van der Waals surface area (Å²) >= 11 is 0. The Morgan fingerprint density at radius 1 is 1.29 bits per heavy atom. The summed E-state index contributed by atoms with van der Waals surface area (Å²) in [5.41, 5.74) is 1.10. The Hall–Kier alpha value is -1.43. The van der Waals surface area contributed by atoms with E-state index in [9.17, 15) is 4.79 Å². The maximum atomic E-state index is 10.8. The van der Waals surface area contributed by atoms with Crippen LogP contribution >= 0.6 is 0 Å². The molecule has 1 heterocycles. The van der Waals surface area contributed by atoms with Gasteiger partial charge in [0.1, 0.15) is 0 Å². The molecule has 0 bridgehead atoms. The SMILES string of the molecule is CC1(C)OC(COCc2ccccc2)C[C@H](CC(=O)O)O1. The van der Waals surface area contributed by atoms with Crippen molar-refractivity contribution in [3.63, 3.8) is 0 Å². The number of ether oxygens (including phenoxy) is 3. The van der Waals surface area contributed by atoms with Gasteiger partial charge in [-0.25, -0.2) is 0 Å². The molecule has 1 unspecified atom stereocenters. The van der Waals surface area contributed by atoms with Crippen molar-refractivity contribution in [2.75, 3.05) is 6.61 Å². The Bertz CT molecular complexity index is 457. The summed E-state index contributed by atoms with van der Waals surface area (Å²) in [7, 11) is 0. The van der Waals surface area contributed by atoms with E-state index in [2.05, 4.69) is 0 Å². The fourth-order valence-electron chi connectivity index (χ4n) is 2.52. The highest BCUT2D eigenvalue weighted by atomic mass is 16.7. The Morgan fingerprint density at radius 3 is 2.62 bits per heavy atom. The summed E-state index contributed by atoms with van der Waals surface area (Å²) in [4.78, 5) is 10.8. The van der Waals surface area contributed by atoms with Crippen molar-refractivity contribution in [1.82, 2.24) is 0 Å². The lowest BCUT2D eigenvalue weighted by Crippen LogP contribution is -2.46. The van der Waals surface area contributed by atoms with E-state index in [-0.39, 0.29) is 18.6 Å². The van der Waals surface area contributed by atoms with Crippen LogP contribution in [0.4, 0.5) is 0 Å². The summed E-state index contributed by atoms with van der Waals surface area (Å²) in [6.07, 6.45) is 0.0327. The molecule has 1 aliphatic rings. The average Bonchev–Trinajstić information content (AvgIpc) is 2.37. The van der Waals surface area contributed by atoms with Gasteiger partial charge >= 0.3 is 5.97 Å². The molecule has 21 heavy (non-hydrogen) atoms. The first-order chi connectivity index (χ1) is 9.94. The van der Waals surface area contributed by atoms with E-state index in [1.165, 1.54) is 0 Å². The van der Waals surface area contributed by atoms with Crippen LogP contribution in [0.25, 0.3) is 0 Å². The summed E-state index contributed by atoms with van der Waals surface area (Å²) in [5, 5.41) is 8.89. The zero-order chi connectivity index (χ0) is 15.3. The third kappa shape index (κ3) is 5.46. The second-order valence-corrected chi connectivity index (χ2v) is 5.71. The normalized spacial score (nSPS) is 24.7. The zero-order valence-corrected chi connectivity index (χ0v) is 12.5. The molecule has 1 aliphatic heterocycles. The van der Waals surface area contributed by atoms with Crippen molar-refractivity contribution in [2.24, 2.45) is 0 Å². The number of carboxylic acid groups (broad SMARTS) is 1. The molecule has 0 aromatic heterocycles. The molecular formula is C16H22O5. The highest BCUT2D eigenvalue weighted by molar-refractivity contribution is 5.67. The molecule has 1 N–H and O–H groups in total. The molecule has 0 aliphatic carbocycles. The van der Waals surface area contributed by atoms with Crippen LogP contribution in [0.3, 0.4) is 0 Å². The van der Waals surface area contributed by atoms with Crippen molar-refractivity contribution in [2.45, 2.75) is 51.3 Å². The van der Waals surface area contributed by atoms with E-state index in [1.807, 2.05) is 30.3 Å². The second kappa shape index (κ2) is 7.02. The quantitative estimate of drug-likeness (QED) is 0.873. The number of rotatable bonds is 6. The fourth-order valence-corrected chi connectivity index (χ4v) is 2.52.